The molecule has 0 aromatic heterocycles. The van der Waals surface area contributed by atoms with E-state index in [4.69, 9.17) is 0 Å². The predicted octanol–water partition coefficient (Wildman–Crippen LogP) is 7.57. The van der Waals surface area contributed by atoms with E-state index in [1.807, 2.05) is 0 Å². The molecule has 19 heavy (non-hydrogen) atoms. The molecule has 0 saturated heterocycles. The summed E-state index contributed by atoms with van der Waals surface area (Å²) in [5.74, 6) is 4.08. The van der Waals surface area contributed by atoms with Crippen LogP contribution >= 0.6 is 0 Å². The topological polar surface area (TPSA) is 0 Å². The van der Waals surface area contributed by atoms with E-state index in [0.29, 0.717) is 0 Å². The van der Waals surface area contributed by atoms with Crippen LogP contribution in [0.25, 0.3) is 0 Å². The Morgan fingerprint density at radius 2 is 0.474 bits per heavy atom. The van der Waals surface area contributed by atoms with Crippen LogP contribution in [0, 0.1) is 23.7 Å². The molecule has 2 aliphatic rings. The van der Waals surface area contributed by atoms with Crippen LogP contribution in [0.4, 0.5) is 0 Å². The van der Waals surface area contributed by atoms with Crippen molar-refractivity contribution in [2.45, 2.75) is 101 Å². The Morgan fingerprint density at radius 1 is 0.368 bits per heavy atom. The van der Waals surface area contributed by atoms with Gasteiger partial charge in [-0.05, 0) is 23.7 Å². The number of hydrogen-bond acceptors (Lipinski definition) is 0. The first-order valence-electron chi connectivity index (χ1n) is 7.58. The van der Waals surface area contributed by atoms with E-state index in [0.717, 1.165) is 23.7 Å². The maximum atomic E-state index is 2.37. The van der Waals surface area contributed by atoms with Crippen molar-refractivity contribution in [2.75, 3.05) is 0 Å². The Labute approximate surface area is 125 Å². The summed E-state index contributed by atoms with van der Waals surface area (Å²) in [7, 11) is 0. The molecule has 0 radical (unpaired) electrons. The Hall–Kier alpha value is 0. The van der Waals surface area contributed by atoms with Gasteiger partial charge in [-0.2, -0.15) is 0 Å². The average Bonchev–Trinajstić information content (AvgIpc) is 2.28. The summed E-state index contributed by atoms with van der Waals surface area (Å²) < 4.78 is 0. The molecule has 0 amide bonds. The third-order valence-electron chi connectivity index (χ3n) is 4.61. The minimum absolute atomic E-state index is 0. The van der Waals surface area contributed by atoms with E-state index in [1.54, 1.807) is 0 Å². The number of hydrogen-bond donors (Lipinski definition) is 0. The summed E-state index contributed by atoms with van der Waals surface area (Å²) in [6.07, 6.45) is 11.8. The molecule has 0 bridgehead atoms. The zero-order chi connectivity index (χ0) is 12.0. The Morgan fingerprint density at radius 3 is 0.579 bits per heavy atom. The van der Waals surface area contributed by atoms with Gasteiger partial charge in [0.25, 0.3) is 0 Å². The van der Waals surface area contributed by atoms with Gasteiger partial charge in [0.05, 0.1) is 0 Å². The predicted molar refractivity (Wildman–Crippen MR) is 93.8 cm³/mol. The second kappa shape index (κ2) is 13.0. The molecule has 0 aromatic carbocycles. The minimum Gasteiger partial charge on any atom is -0.0776 e. The lowest BCUT2D eigenvalue weighted by Crippen LogP contribution is -2.08. The highest BCUT2D eigenvalue weighted by molar-refractivity contribution is 4.66. The monoisotopic (exact) mass is 272 g/mol. The lowest BCUT2D eigenvalue weighted by molar-refractivity contribution is 0.308. The quantitative estimate of drug-likeness (QED) is 0.426. The molecule has 0 heterocycles. The fourth-order valence-corrected chi connectivity index (χ4v) is 2.85. The largest absolute Gasteiger partial charge is 0.0776 e. The summed E-state index contributed by atoms with van der Waals surface area (Å²) in [5.41, 5.74) is 0. The molecule has 0 spiro atoms. The molecular weight excluding hydrogens is 228 g/mol. The van der Waals surface area contributed by atoms with Crippen molar-refractivity contribution in [1.29, 1.82) is 0 Å². The molecule has 2 aliphatic carbocycles. The van der Waals surface area contributed by atoms with Crippen LogP contribution in [0.5, 0.6) is 0 Å². The maximum Gasteiger partial charge on any atom is -0.0443 e. The van der Waals surface area contributed by atoms with E-state index in [9.17, 15) is 0 Å². The van der Waals surface area contributed by atoms with Crippen molar-refractivity contribution in [3.8, 4) is 0 Å². The zero-order valence-corrected chi connectivity index (χ0v) is 12.0. The molecule has 0 nitrogen and oxygen atoms in total. The summed E-state index contributed by atoms with van der Waals surface area (Å²) in [4.78, 5) is 0. The highest BCUT2D eigenvalue weighted by atomic mass is 14.2. The van der Waals surface area contributed by atoms with Gasteiger partial charge in [0, 0.05) is 0 Å². The molecule has 0 aliphatic heterocycles. The van der Waals surface area contributed by atoms with Gasteiger partial charge in [-0.1, -0.05) is 101 Å². The van der Waals surface area contributed by atoms with Crippen LogP contribution in [-0.4, -0.2) is 0 Å². The summed E-state index contributed by atoms with van der Waals surface area (Å²) in [6.45, 7) is 9.47. The number of rotatable bonds is 0. The van der Waals surface area contributed by atoms with E-state index >= 15 is 0 Å². The Balaban J connectivity index is -0.000000233. The van der Waals surface area contributed by atoms with Crippen molar-refractivity contribution in [1.82, 2.24) is 0 Å². The summed E-state index contributed by atoms with van der Waals surface area (Å²) in [6, 6.07) is 0. The molecule has 0 N–H and O–H groups in total. The van der Waals surface area contributed by atoms with Crippen molar-refractivity contribution in [3.63, 3.8) is 0 Å². The van der Waals surface area contributed by atoms with E-state index in [2.05, 4.69) is 27.7 Å². The van der Waals surface area contributed by atoms with E-state index < -0.39 is 0 Å². The first kappa shape index (κ1) is 24.0. The van der Waals surface area contributed by atoms with Gasteiger partial charge in [0.15, 0.2) is 0 Å². The Bertz CT molecular complexity index is 117. The zero-order valence-electron chi connectivity index (χ0n) is 12.0. The SMILES string of the molecule is C.C.C.CC1CCC(C)CC1.CC1CCC(C)CC1. The fourth-order valence-electron chi connectivity index (χ4n) is 2.85. The standard InChI is InChI=1S/2C8H16.3CH4/c2*1-7-3-5-8(2)6-4-7;;;/h2*7-8H,3-6H2,1-2H3;3*1H4. The van der Waals surface area contributed by atoms with Crippen LogP contribution in [0.1, 0.15) is 101 Å². The van der Waals surface area contributed by atoms with Crippen molar-refractivity contribution in [2.24, 2.45) is 23.7 Å². The van der Waals surface area contributed by atoms with Crippen LogP contribution in [-0.2, 0) is 0 Å². The third kappa shape index (κ3) is 11.5. The third-order valence-corrected chi connectivity index (χ3v) is 4.61. The molecule has 0 heteroatoms. The van der Waals surface area contributed by atoms with Crippen molar-refractivity contribution < 1.29 is 0 Å². The smallest absolute Gasteiger partial charge is 0.0443 e. The highest BCUT2D eigenvalue weighted by Crippen LogP contribution is 2.27. The van der Waals surface area contributed by atoms with Crippen LogP contribution in [0.3, 0.4) is 0 Å². The van der Waals surface area contributed by atoms with Crippen LogP contribution in [0.2, 0.25) is 0 Å². The molecule has 120 valence electrons. The molecule has 2 fully saturated rings. The molecule has 2 saturated carbocycles. The second-order valence-electron chi connectivity index (χ2n) is 6.73. The van der Waals surface area contributed by atoms with Crippen molar-refractivity contribution in [3.05, 3.63) is 0 Å². The fraction of sp³-hybridized carbons (Fsp3) is 1.00. The van der Waals surface area contributed by atoms with Gasteiger partial charge < -0.3 is 0 Å². The first-order chi connectivity index (χ1) is 7.58. The van der Waals surface area contributed by atoms with Gasteiger partial charge >= 0.3 is 0 Å². The van der Waals surface area contributed by atoms with Gasteiger partial charge in [-0.15, -0.1) is 0 Å². The lowest BCUT2D eigenvalue weighted by Gasteiger charge is -2.22. The minimum atomic E-state index is 0. The molecule has 0 aromatic rings. The van der Waals surface area contributed by atoms with Crippen LogP contribution < -0.4 is 0 Å². The van der Waals surface area contributed by atoms with Crippen LogP contribution in [0.15, 0.2) is 0 Å². The second-order valence-corrected chi connectivity index (χ2v) is 6.73. The first-order valence-corrected chi connectivity index (χ1v) is 7.58. The van der Waals surface area contributed by atoms with Gasteiger partial charge in [-0.25, -0.2) is 0 Å². The van der Waals surface area contributed by atoms with Crippen molar-refractivity contribution >= 4 is 0 Å². The van der Waals surface area contributed by atoms with Gasteiger partial charge in [0.2, 0.25) is 0 Å². The molecule has 0 unspecified atom stereocenters. The Kier molecular flexibility index (Phi) is 16.5. The van der Waals surface area contributed by atoms with Gasteiger partial charge in [0.1, 0.15) is 0 Å². The molecule has 0 atom stereocenters. The maximum absolute atomic E-state index is 2.37. The molecule has 2 rings (SSSR count). The average molecular weight is 273 g/mol. The summed E-state index contributed by atoms with van der Waals surface area (Å²) in [5, 5.41) is 0. The lowest BCUT2D eigenvalue weighted by atomic mass is 9.84. The van der Waals surface area contributed by atoms with Gasteiger partial charge in [-0.3, -0.25) is 0 Å². The normalized spacial score (nSPS) is 33.5. The highest BCUT2D eigenvalue weighted by Gasteiger charge is 2.13. The molecular formula is C19H44. The van der Waals surface area contributed by atoms with E-state index in [1.165, 1.54) is 51.4 Å². The van der Waals surface area contributed by atoms with E-state index in [-0.39, 0.29) is 22.3 Å². The summed E-state index contributed by atoms with van der Waals surface area (Å²) >= 11 is 0.